The number of hydrogen-bond donors (Lipinski definition) is 1. The molecule has 98 valence electrons. The minimum Gasteiger partial charge on any atom is -0.399 e. The summed E-state index contributed by atoms with van der Waals surface area (Å²) < 4.78 is 1.97. The van der Waals surface area contributed by atoms with Crippen LogP contribution in [-0.2, 0) is 13.1 Å². The van der Waals surface area contributed by atoms with Crippen molar-refractivity contribution < 1.29 is 4.79 Å². The molecule has 2 N–H and O–H groups in total. The number of aromatic nitrogens is 3. The molecule has 0 bridgehead atoms. The predicted molar refractivity (Wildman–Crippen MR) is 70.4 cm³/mol. The molecule has 0 spiro atoms. The van der Waals surface area contributed by atoms with E-state index in [0.717, 1.165) is 17.9 Å². The number of carbonyl (C=O) groups is 1. The molecule has 0 fully saturated rings. The third-order valence-corrected chi connectivity index (χ3v) is 3.42. The zero-order chi connectivity index (χ0) is 13.4. The summed E-state index contributed by atoms with van der Waals surface area (Å²) in [6.45, 7) is 3.81. The van der Waals surface area contributed by atoms with Gasteiger partial charge in [0.1, 0.15) is 6.33 Å². The molecule has 19 heavy (non-hydrogen) atoms. The maximum absolute atomic E-state index is 12.5. The van der Waals surface area contributed by atoms with Crippen LogP contribution in [0.5, 0.6) is 0 Å². The van der Waals surface area contributed by atoms with E-state index in [2.05, 4.69) is 10.2 Å². The lowest BCUT2D eigenvalue weighted by Crippen LogP contribution is -2.38. The van der Waals surface area contributed by atoms with Crippen LogP contribution >= 0.6 is 0 Å². The van der Waals surface area contributed by atoms with Gasteiger partial charge in [0.05, 0.1) is 6.54 Å². The molecule has 0 unspecified atom stereocenters. The zero-order valence-corrected chi connectivity index (χ0v) is 10.7. The molecule has 2 heterocycles. The Morgan fingerprint density at radius 2 is 2.21 bits per heavy atom. The highest BCUT2D eigenvalue weighted by atomic mass is 16.2. The van der Waals surface area contributed by atoms with Crippen LogP contribution in [0.1, 0.15) is 21.7 Å². The molecule has 1 aromatic heterocycles. The highest BCUT2D eigenvalue weighted by molar-refractivity contribution is 5.96. The summed E-state index contributed by atoms with van der Waals surface area (Å²) in [6.07, 6.45) is 1.70. The van der Waals surface area contributed by atoms with E-state index in [4.69, 9.17) is 5.73 Å². The van der Waals surface area contributed by atoms with E-state index in [1.165, 1.54) is 0 Å². The number of nitrogen functional groups attached to an aromatic ring is 1. The van der Waals surface area contributed by atoms with E-state index in [-0.39, 0.29) is 5.91 Å². The van der Waals surface area contributed by atoms with Gasteiger partial charge in [-0.2, -0.15) is 0 Å². The van der Waals surface area contributed by atoms with E-state index < -0.39 is 0 Å². The lowest BCUT2D eigenvalue weighted by Gasteiger charge is -2.27. The summed E-state index contributed by atoms with van der Waals surface area (Å²) in [6, 6.07) is 5.41. The summed E-state index contributed by atoms with van der Waals surface area (Å²) in [5, 5.41) is 7.87. The van der Waals surface area contributed by atoms with Crippen LogP contribution in [0.3, 0.4) is 0 Å². The maximum atomic E-state index is 12.5. The van der Waals surface area contributed by atoms with Crippen molar-refractivity contribution in [3.05, 3.63) is 41.5 Å². The predicted octanol–water partition coefficient (Wildman–Crippen LogP) is 0.825. The molecule has 3 rings (SSSR count). The lowest BCUT2D eigenvalue weighted by molar-refractivity contribution is 0.0707. The van der Waals surface area contributed by atoms with Crippen LogP contribution < -0.4 is 5.73 Å². The number of nitrogens with two attached hydrogens (primary N) is 1. The summed E-state index contributed by atoms with van der Waals surface area (Å²) in [5.41, 5.74) is 7.96. The van der Waals surface area contributed by atoms with Gasteiger partial charge in [-0.25, -0.2) is 0 Å². The fraction of sp³-hybridized carbons (Fsp3) is 0.308. The molecule has 2 aromatic rings. The van der Waals surface area contributed by atoms with Gasteiger partial charge in [-0.05, 0) is 24.6 Å². The number of benzene rings is 1. The first-order valence-corrected chi connectivity index (χ1v) is 6.17. The molecule has 0 saturated heterocycles. The van der Waals surface area contributed by atoms with Crippen molar-refractivity contribution in [3.63, 3.8) is 0 Å². The monoisotopic (exact) mass is 257 g/mol. The maximum Gasteiger partial charge on any atom is 0.254 e. The summed E-state index contributed by atoms with van der Waals surface area (Å²) >= 11 is 0. The molecular formula is C13H15N5O. The van der Waals surface area contributed by atoms with Crippen LogP contribution in [0.25, 0.3) is 0 Å². The molecular weight excluding hydrogens is 242 g/mol. The van der Waals surface area contributed by atoms with Gasteiger partial charge < -0.3 is 15.2 Å². The number of anilines is 1. The number of hydrogen-bond acceptors (Lipinski definition) is 4. The standard InChI is InChI=1S/C13H15N5O/c1-9-2-3-10(14)6-11(9)13(19)17-4-5-18-8-15-16-12(18)7-17/h2-3,6,8H,4-5,7,14H2,1H3. The summed E-state index contributed by atoms with van der Waals surface area (Å²) in [5.74, 6) is 0.820. The van der Waals surface area contributed by atoms with Crippen LogP contribution in [0.15, 0.2) is 24.5 Å². The fourth-order valence-electron chi connectivity index (χ4n) is 2.28. The zero-order valence-electron chi connectivity index (χ0n) is 10.7. The molecule has 1 aliphatic rings. The van der Waals surface area contributed by atoms with Gasteiger partial charge in [-0.15, -0.1) is 10.2 Å². The number of rotatable bonds is 1. The molecule has 6 heteroatoms. The SMILES string of the molecule is Cc1ccc(N)cc1C(=O)N1CCn2cnnc2C1. The molecule has 1 amide bonds. The molecule has 0 atom stereocenters. The first kappa shape index (κ1) is 11.7. The van der Waals surface area contributed by atoms with E-state index in [1.807, 2.05) is 17.6 Å². The first-order valence-electron chi connectivity index (χ1n) is 6.17. The number of aryl methyl sites for hydroxylation is 1. The van der Waals surface area contributed by atoms with Crippen LogP contribution in [0.4, 0.5) is 5.69 Å². The van der Waals surface area contributed by atoms with E-state index in [9.17, 15) is 4.79 Å². The molecule has 6 nitrogen and oxygen atoms in total. The van der Waals surface area contributed by atoms with E-state index >= 15 is 0 Å². The average molecular weight is 257 g/mol. The van der Waals surface area contributed by atoms with Gasteiger partial charge in [0.2, 0.25) is 0 Å². The topological polar surface area (TPSA) is 77.0 Å². The normalized spacial score (nSPS) is 14.3. The van der Waals surface area contributed by atoms with Gasteiger partial charge in [-0.3, -0.25) is 4.79 Å². The molecule has 0 radical (unpaired) electrons. The van der Waals surface area contributed by atoms with Crippen molar-refractivity contribution in [3.8, 4) is 0 Å². The Hall–Kier alpha value is -2.37. The average Bonchev–Trinajstić information content (AvgIpc) is 2.88. The van der Waals surface area contributed by atoms with Crippen molar-refractivity contribution in [2.75, 3.05) is 12.3 Å². The van der Waals surface area contributed by atoms with Crippen LogP contribution in [0, 0.1) is 6.92 Å². The largest absolute Gasteiger partial charge is 0.399 e. The Balaban J connectivity index is 1.87. The summed E-state index contributed by atoms with van der Waals surface area (Å²) in [4.78, 5) is 14.3. The Kier molecular flexibility index (Phi) is 2.70. The fourth-order valence-corrected chi connectivity index (χ4v) is 2.28. The number of nitrogens with zero attached hydrogens (tertiary/aromatic N) is 4. The Bertz CT molecular complexity index is 634. The number of fused-ring (bicyclic) bond motifs is 1. The van der Waals surface area contributed by atoms with E-state index in [1.54, 1.807) is 23.4 Å². The van der Waals surface area contributed by atoms with Gasteiger partial charge >= 0.3 is 0 Å². The first-order chi connectivity index (χ1) is 9.15. The third kappa shape index (κ3) is 2.05. The number of carbonyl (C=O) groups excluding carboxylic acids is 1. The second-order valence-electron chi connectivity index (χ2n) is 4.74. The minimum atomic E-state index is -0.000880. The minimum absolute atomic E-state index is 0.000880. The quantitative estimate of drug-likeness (QED) is 0.767. The van der Waals surface area contributed by atoms with Gasteiger partial charge in [0, 0.05) is 24.3 Å². The van der Waals surface area contributed by atoms with Crippen molar-refractivity contribution in [1.29, 1.82) is 0 Å². The molecule has 1 aromatic carbocycles. The molecule has 1 aliphatic heterocycles. The second-order valence-corrected chi connectivity index (χ2v) is 4.74. The van der Waals surface area contributed by atoms with Gasteiger partial charge in [-0.1, -0.05) is 6.07 Å². The molecule has 0 saturated carbocycles. The second kappa shape index (κ2) is 4.38. The van der Waals surface area contributed by atoms with Crippen molar-refractivity contribution in [2.45, 2.75) is 20.0 Å². The van der Waals surface area contributed by atoms with Crippen molar-refractivity contribution in [1.82, 2.24) is 19.7 Å². The highest BCUT2D eigenvalue weighted by Gasteiger charge is 2.23. The van der Waals surface area contributed by atoms with Gasteiger partial charge in [0.15, 0.2) is 5.82 Å². The number of amides is 1. The Morgan fingerprint density at radius 1 is 1.37 bits per heavy atom. The summed E-state index contributed by atoms with van der Waals surface area (Å²) in [7, 11) is 0. The Labute approximate surface area is 110 Å². The highest BCUT2D eigenvalue weighted by Crippen LogP contribution is 2.18. The van der Waals surface area contributed by atoms with E-state index in [0.29, 0.717) is 24.3 Å². The lowest BCUT2D eigenvalue weighted by atomic mass is 10.1. The molecule has 0 aliphatic carbocycles. The Morgan fingerprint density at radius 3 is 3.05 bits per heavy atom. The van der Waals surface area contributed by atoms with Crippen molar-refractivity contribution in [2.24, 2.45) is 0 Å². The van der Waals surface area contributed by atoms with Gasteiger partial charge in [0.25, 0.3) is 5.91 Å². The van der Waals surface area contributed by atoms with Crippen LogP contribution in [0.2, 0.25) is 0 Å². The van der Waals surface area contributed by atoms with Crippen molar-refractivity contribution >= 4 is 11.6 Å². The third-order valence-electron chi connectivity index (χ3n) is 3.42. The van der Waals surface area contributed by atoms with Crippen LogP contribution in [-0.4, -0.2) is 32.1 Å². The smallest absolute Gasteiger partial charge is 0.254 e.